The number of anilines is 1. The first-order valence-electron chi connectivity index (χ1n) is 7.72. The molecule has 1 aromatic heterocycles. The summed E-state index contributed by atoms with van der Waals surface area (Å²) in [6, 6.07) is 1.71. The van der Waals surface area contributed by atoms with Gasteiger partial charge in [0.2, 0.25) is 0 Å². The van der Waals surface area contributed by atoms with Crippen molar-refractivity contribution in [2.45, 2.75) is 72.4 Å². The molecule has 2 rings (SSSR count). The van der Waals surface area contributed by atoms with E-state index in [1.54, 1.807) is 6.20 Å². The lowest BCUT2D eigenvalue weighted by Gasteiger charge is -2.26. The van der Waals surface area contributed by atoms with Crippen LogP contribution in [0.1, 0.15) is 58.9 Å². The second-order valence-corrected chi connectivity index (χ2v) is 4.49. The first kappa shape index (κ1) is 18.8. The number of hydrogen-bond donors (Lipinski definition) is 2. The number of nitrogens with zero attached hydrogens (tertiary/aromatic N) is 1. The maximum atomic E-state index is 13.5. The molecule has 0 aromatic carbocycles. The summed E-state index contributed by atoms with van der Waals surface area (Å²) < 4.78 is 13.5. The van der Waals surface area contributed by atoms with Crippen LogP contribution in [0, 0.1) is 12.7 Å². The molecule has 1 saturated carbocycles. The zero-order valence-corrected chi connectivity index (χ0v) is 13.4. The van der Waals surface area contributed by atoms with E-state index in [-0.39, 0.29) is 18.0 Å². The maximum absolute atomic E-state index is 13.5. The van der Waals surface area contributed by atoms with Gasteiger partial charge in [-0.15, -0.1) is 0 Å². The third-order valence-electron chi connectivity index (χ3n) is 3.02. The van der Waals surface area contributed by atoms with Crippen molar-refractivity contribution in [3.8, 4) is 0 Å². The Balaban J connectivity index is 0.000000829. The van der Waals surface area contributed by atoms with Gasteiger partial charge in [-0.25, -0.2) is 9.37 Å². The van der Waals surface area contributed by atoms with Gasteiger partial charge in [0.15, 0.2) is 11.6 Å². The second-order valence-electron chi connectivity index (χ2n) is 4.49. The summed E-state index contributed by atoms with van der Waals surface area (Å²) >= 11 is 0. The summed E-state index contributed by atoms with van der Waals surface area (Å²) in [4.78, 5) is 4.04. The molecule has 3 nitrogen and oxygen atoms in total. The van der Waals surface area contributed by atoms with Crippen LogP contribution >= 0.6 is 0 Å². The molecular weight excluding hydrogens is 255 g/mol. The van der Waals surface area contributed by atoms with Gasteiger partial charge in [0.25, 0.3) is 0 Å². The van der Waals surface area contributed by atoms with Crippen molar-refractivity contribution < 1.29 is 9.50 Å². The highest BCUT2D eigenvalue weighted by Gasteiger charge is 2.20. The fraction of sp³-hybridized carbons (Fsp3) is 0.688. The Bertz CT molecular complexity index is 363. The van der Waals surface area contributed by atoms with Gasteiger partial charge in [-0.1, -0.05) is 27.7 Å². The number of aryl methyl sites for hydroxylation is 1. The van der Waals surface area contributed by atoms with Gasteiger partial charge in [0.1, 0.15) is 0 Å². The summed E-state index contributed by atoms with van der Waals surface area (Å²) in [5, 5.41) is 12.5. The minimum atomic E-state index is -0.300. The monoisotopic (exact) mass is 284 g/mol. The van der Waals surface area contributed by atoms with Gasteiger partial charge in [-0.3, -0.25) is 0 Å². The van der Waals surface area contributed by atoms with E-state index in [0.29, 0.717) is 5.82 Å². The van der Waals surface area contributed by atoms with Gasteiger partial charge >= 0.3 is 0 Å². The third kappa shape index (κ3) is 6.33. The lowest BCUT2D eigenvalue weighted by Crippen LogP contribution is -2.28. The van der Waals surface area contributed by atoms with E-state index < -0.39 is 0 Å². The van der Waals surface area contributed by atoms with Crippen molar-refractivity contribution in [3.63, 3.8) is 0 Å². The molecule has 1 aliphatic carbocycles. The maximum Gasteiger partial charge on any atom is 0.165 e. The SMILES string of the molecule is CC.CC.Cc1cnc(NC2CCC(O)CC2)c(F)c1. The molecule has 1 aromatic rings. The lowest BCUT2D eigenvalue weighted by atomic mass is 9.93. The summed E-state index contributed by atoms with van der Waals surface area (Å²) in [5.41, 5.74) is 0.821. The summed E-state index contributed by atoms with van der Waals surface area (Å²) in [6.45, 7) is 9.82. The Labute approximate surface area is 122 Å². The number of aliphatic hydroxyl groups is 1. The number of nitrogens with one attached hydrogen (secondary N) is 1. The highest BCUT2D eigenvalue weighted by Crippen LogP contribution is 2.22. The van der Waals surface area contributed by atoms with Gasteiger partial charge < -0.3 is 10.4 Å². The predicted octanol–water partition coefficient (Wildman–Crippen LogP) is 4.30. The van der Waals surface area contributed by atoms with E-state index in [1.165, 1.54) is 6.07 Å². The van der Waals surface area contributed by atoms with Crippen molar-refractivity contribution >= 4 is 5.82 Å². The molecule has 116 valence electrons. The number of rotatable bonds is 2. The number of halogens is 1. The van der Waals surface area contributed by atoms with Crippen LogP contribution in [0.2, 0.25) is 0 Å². The van der Waals surface area contributed by atoms with Crippen LogP contribution in [0.3, 0.4) is 0 Å². The Morgan fingerprint density at radius 2 is 1.70 bits per heavy atom. The standard InChI is InChI=1S/C12H17FN2O.2C2H6/c1-8-6-11(13)12(14-7-8)15-9-2-4-10(16)5-3-9;2*1-2/h6-7,9-10,16H,2-5H2,1H3,(H,14,15);2*1-2H3. The van der Waals surface area contributed by atoms with Crippen LogP contribution in [0.5, 0.6) is 0 Å². The van der Waals surface area contributed by atoms with E-state index in [1.807, 2.05) is 34.6 Å². The van der Waals surface area contributed by atoms with Gasteiger partial charge in [0.05, 0.1) is 6.10 Å². The molecule has 20 heavy (non-hydrogen) atoms. The largest absolute Gasteiger partial charge is 0.393 e. The summed E-state index contributed by atoms with van der Waals surface area (Å²) in [5.74, 6) is 0.0260. The molecule has 0 radical (unpaired) electrons. The predicted molar refractivity (Wildman–Crippen MR) is 83.5 cm³/mol. The van der Waals surface area contributed by atoms with Crippen LogP contribution in [-0.2, 0) is 0 Å². The highest BCUT2D eigenvalue weighted by molar-refractivity contribution is 5.38. The average Bonchev–Trinajstić information content (AvgIpc) is 2.48. The number of pyridine rings is 1. The fourth-order valence-corrected chi connectivity index (χ4v) is 2.05. The van der Waals surface area contributed by atoms with E-state index in [0.717, 1.165) is 31.2 Å². The van der Waals surface area contributed by atoms with Crippen molar-refractivity contribution in [2.24, 2.45) is 0 Å². The molecule has 1 heterocycles. The molecule has 4 heteroatoms. The molecule has 0 amide bonds. The number of aromatic nitrogens is 1. The zero-order chi connectivity index (χ0) is 15.5. The van der Waals surface area contributed by atoms with E-state index in [4.69, 9.17) is 0 Å². The Hall–Kier alpha value is -1.16. The molecule has 0 unspecified atom stereocenters. The number of hydrogen-bond acceptors (Lipinski definition) is 3. The molecule has 0 aliphatic heterocycles. The van der Waals surface area contributed by atoms with Crippen molar-refractivity contribution in [1.29, 1.82) is 0 Å². The minimum absolute atomic E-state index is 0.186. The smallest absolute Gasteiger partial charge is 0.165 e. The minimum Gasteiger partial charge on any atom is -0.393 e. The molecule has 1 fully saturated rings. The van der Waals surface area contributed by atoms with Crippen LogP contribution in [0.15, 0.2) is 12.3 Å². The van der Waals surface area contributed by atoms with Gasteiger partial charge in [-0.2, -0.15) is 0 Å². The number of aliphatic hydroxyl groups excluding tert-OH is 1. The Morgan fingerprint density at radius 1 is 1.15 bits per heavy atom. The lowest BCUT2D eigenvalue weighted by molar-refractivity contribution is 0.126. The molecule has 0 bridgehead atoms. The molecule has 1 aliphatic rings. The first-order valence-corrected chi connectivity index (χ1v) is 7.72. The van der Waals surface area contributed by atoms with Crippen molar-refractivity contribution in [1.82, 2.24) is 4.98 Å². The zero-order valence-electron chi connectivity index (χ0n) is 13.4. The molecule has 2 N–H and O–H groups in total. The van der Waals surface area contributed by atoms with E-state index >= 15 is 0 Å². The van der Waals surface area contributed by atoms with Crippen LogP contribution < -0.4 is 5.32 Å². The molecule has 0 saturated heterocycles. The van der Waals surface area contributed by atoms with Crippen molar-refractivity contribution in [2.75, 3.05) is 5.32 Å². The Morgan fingerprint density at radius 3 is 2.20 bits per heavy atom. The summed E-state index contributed by atoms with van der Waals surface area (Å²) in [6.07, 6.45) is 4.78. The van der Waals surface area contributed by atoms with Crippen LogP contribution in [-0.4, -0.2) is 22.2 Å². The summed E-state index contributed by atoms with van der Waals surface area (Å²) in [7, 11) is 0. The molecular formula is C16H29FN2O. The van der Waals surface area contributed by atoms with Crippen LogP contribution in [0.25, 0.3) is 0 Å². The van der Waals surface area contributed by atoms with E-state index in [9.17, 15) is 9.50 Å². The average molecular weight is 284 g/mol. The van der Waals surface area contributed by atoms with Gasteiger partial charge in [-0.05, 0) is 44.2 Å². The fourth-order valence-electron chi connectivity index (χ4n) is 2.05. The quantitative estimate of drug-likeness (QED) is 0.851. The third-order valence-corrected chi connectivity index (χ3v) is 3.02. The van der Waals surface area contributed by atoms with Gasteiger partial charge in [0, 0.05) is 12.2 Å². The second kappa shape index (κ2) is 10.6. The van der Waals surface area contributed by atoms with E-state index in [2.05, 4.69) is 10.3 Å². The highest BCUT2D eigenvalue weighted by atomic mass is 19.1. The normalized spacial score (nSPS) is 20.9. The van der Waals surface area contributed by atoms with Crippen molar-refractivity contribution in [3.05, 3.63) is 23.6 Å². The molecule has 0 spiro atoms. The Kier molecular flexibility index (Phi) is 9.99. The van der Waals surface area contributed by atoms with Crippen LogP contribution in [0.4, 0.5) is 10.2 Å². The topological polar surface area (TPSA) is 45.2 Å². The first-order chi connectivity index (χ1) is 9.65. The molecule has 0 atom stereocenters.